The van der Waals surface area contributed by atoms with Crippen LogP contribution in [0.25, 0.3) is 6.08 Å². The third-order valence-corrected chi connectivity index (χ3v) is 1.40. The predicted molar refractivity (Wildman–Crippen MR) is 41.2 cm³/mol. The number of aromatic amines is 1. The first-order valence-electron chi connectivity index (χ1n) is 3.29. The summed E-state index contributed by atoms with van der Waals surface area (Å²) < 4.78 is 0. The SMILES string of the molecule is CCc1cn[nH]c1/C=C\N. The number of rotatable bonds is 2. The zero-order chi connectivity index (χ0) is 7.40. The van der Waals surface area contributed by atoms with Crippen LogP contribution in [0.15, 0.2) is 12.4 Å². The molecule has 10 heavy (non-hydrogen) atoms. The molecule has 1 aromatic rings. The molecular formula is C7H11N3. The van der Waals surface area contributed by atoms with Crippen LogP contribution in [0.3, 0.4) is 0 Å². The molecule has 0 saturated carbocycles. The van der Waals surface area contributed by atoms with Crippen LogP contribution in [0.5, 0.6) is 0 Å². The third kappa shape index (κ3) is 1.18. The molecule has 0 amide bonds. The molecule has 0 bridgehead atoms. The fourth-order valence-electron chi connectivity index (χ4n) is 0.843. The highest BCUT2D eigenvalue weighted by Gasteiger charge is 1.96. The molecule has 0 saturated heterocycles. The fourth-order valence-corrected chi connectivity index (χ4v) is 0.843. The van der Waals surface area contributed by atoms with Gasteiger partial charge in [-0.05, 0) is 24.3 Å². The number of H-pyrrole nitrogens is 1. The van der Waals surface area contributed by atoms with Crippen molar-refractivity contribution in [2.75, 3.05) is 0 Å². The van der Waals surface area contributed by atoms with Gasteiger partial charge in [0.1, 0.15) is 0 Å². The van der Waals surface area contributed by atoms with Crippen LogP contribution < -0.4 is 5.73 Å². The summed E-state index contributed by atoms with van der Waals surface area (Å²) in [6.07, 6.45) is 6.12. The van der Waals surface area contributed by atoms with Crippen molar-refractivity contribution in [3.63, 3.8) is 0 Å². The van der Waals surface area contributed by atoms with Crippen molar-refractivity contribution in [3.05, 3.63) is 23.7 Å². The maximum absolute atomic E-state index is 5.21. The first-order chi connectivity index (χ1) is 4.88. The quantitative estimate of drug-likeness (QED) is 0.636. The Morgan fingerprint density at radius 2 is 2.60 bits per heavy atom. The molecule has 3 nitrogen and oxygen atoms in total. The Kier molecular flexibility index (Phi) is 2.10. The minimum Gasteiger partial charge on any atom is -0.405 e. The Bertz CT molecular complexity index is 225. The summed E-state index contributed by atoms with van der Waals surface area (Å²) in [4.78, 5) is 0. The van der Waals surface area contributed by atoms with Crippen molar-refractivity contribution in [3.8, 4) is 0 Å². The number of hydrogen-bond donors (Lipinski definition) is 2. The number of hydrogen-bond acceptors (Lipinski definition) is 2. The second kappa shape index (κ2) is 3.06. The summed E-state index contributed by atoms with van der Waals surface area (Å²) in [7, 11) is 0. The average molecular weight is 137 g/mol. The number of nitrogens with zero attached hydrogens (tertiary/aromatic N) is 1. The molecule has 54 valence electrons. The van der Waals surface area contributed by atoms with Crippen molar-refractivity contribution in [2.24, 2.45) is 5.73 Å². The molecular weight excluding hydrogens is 126 g/mol. The first kappa shape index (κ1) is 6.86. The Balaban J connectivity index is 2.90. The molecule has 0 aliphatic heterocycles. The molecule has 1 heterocycles. The predicted octanol–water partition coefficient (Wildman–Crippen LogP) is 0.901. The lowest BCUT2D eigenvalue weighted by Crippen LogP contribution is -1.83. The van der Waals surface area contributed by atoms with Crippen LogP contribution in [0.1, 0.15) is 18.2 Å². The molecule has 1 aromatic heterocycles. The van der Waals surface area contributed by atoms with E-state index in [0.29, 0.717) is 0 Å². The fraction of sp³-hybridized carbons (Fsp3) is 0.286. The summed E-state index contributed by atoms with van der Waals surface area (Å²) in [5, 5.41) is 6.72. The van der Waals surface area contributed by atoms with E-state index in [-0.39, 0.29) is 0 Å². The van der Waals surface area contributed by atoms with Gasteiger partial charge in [0.05, 0.1) is 11.9 Å². The van der Waals surface area contributed by atoms with Gasteiger partial charge < -0.3 is 5.73 Å². The largest absolute Gasteiger partial charge is 0.405 e. The van der Waals surface area contributed by atoms with Crippen LogP contribution in [0.4, 0.5) is 0 Å². The first-order valence-corrected chi connectivity index (χ1v) is 3.29. The van der Waals surface area contributed by atoms with E-state index >= 15 is 0 Å². The van der Waals surface area contributed by atoms with Crippen molar-refractivity contribution < 1.29 is 0 Å². The van der Waals surface area contributed by atoms with Gasteiger partial charge in [0.2, 0.25) is 0 Å². The molecule has 0 fully saturated rings. The molecule has 0 radical (unpaired) electrons. The smallest absolute Gasteiger partial charge is 0.0623 e. The number of nitrogens with one attached hydrogen (secondary N) is 1. The van der Waals surface area contributed by atoms with Crippen LogP contribution >= 0.6 is 0 Å². The zero-order valence-corrected chi connectivity index (χ0v) is 5.96. The van der Waals surface area contributed by atoms with Crippen LogP contribution in [0.2, 0.25) is 0 Å². The maximum atomic E-state index is 5.21. The van der Waals surface area contributed by atoms with Crippen molar-refractivity contribution in [1.29, 1.82) is 0 Å². The lowest BCUT2D eigenvalue weighted by Gasteiger charge is -1.89. The van der Waals surface area contributed by atoms with E-state index in [1.54, 1.807) is 0 Å². The van der Waals surface area contributed by atoms with Crippen molar-refractivity contribution in [1.82, 2.24) is 10.2 Å². The molecule has 0 aromatic carbocycles. The topological polar surface area (TPSA) is 54.7 Å². The van der Waals surface area contributed by atoms with Gasteiger partial charge in [0.15, 0.2) is 0 Å². The normalized spacial score (nSPS) is 10.9. The number of nitrogens with two attached hydrogens (primary N) is 1. The summed E-state index contributed by atoms with van der Waals surface area (Å²) in [6.45, 7) is 2.08. The lowest BCUT2D eigenvalue weighted by molar-refractivity contribution is 1.08. The van der Waals surface area contributed by atoms with Crippen molar-refractivity contribution >= 4 is 6.08 Å². The van der Waals surface area contributed by atoms with E-state index in [0.717, 1.165) is 12.1 Å². The second-order valence-corrected chi connectivity index (χ2v) is 2.02. The second-order valence-electron chi connectivity index (χ2n) is 2.02. The third-order valence-electron chi connectivity index (χ3n) is 1.40. The van der Waals surface area contributed by atoms with Gasteiger partial charge in [-0.2, -0.15) is 5.10 Å². The summed E-state index contributed by atoms with van der Waals surface area (Å²) >= 11 is 0. The molecule has 0 unspecified atom stereocenters. The Labute approximate surface area is 59.9 Å². The standard InChI is InChI=1S/C7H11N3/c1-2-6-5-9-10-7(6)3-4-8/h3-5H,2,8H2,1H3,(H,9,10)/b4-3-. The summed E-state index contributed by atoms with van der Waals surface area (Å²) in [6, 6.07) is 0. The summed E-state index contributed by atoms with van der Waals surface area (Å²) in [5.74, 6) is 0. The van der Waals surface area contributed by atoms with Gasteiger partial charge >= 0.3 is 0 Å². The number of aromatic nitrogens is 2. The molecule has 3 N–H and O–H groups in total. The van der Waals surface area contributed by atoms with E-state index in [9.17, 15) is 0 Å². The molecule has 0 atom stereocenters. The van der Waals surface area contributed by atoms with E-state index < -0.39 is 0 Å². The Morgan fingerprint density at radius 1 is 1.80 bits per heavy atom. The van der Waals surface area contributed by atoms with Crippen LogP contribution in [-0.4, -0.2) is 10.2 Å². The zero-order valence-electron chi connectivity index (χ0n) is 5.96. The van der Waals surface area contributed by atoms with Crippen LogP contribution in [-0.2, 0) is 6.42 Å². The highest BCUT2D eigenvalue weighted by Crippen LogP contribution is 2.05. The molecule has 1 rings (SSSR count). The van der Waals surface area contributed by atoms with Gasteiger partial charge in [-0.15, -0.1) is 0 Å². The monoisotopic (exact) mass is 137 g/mol. The van der Waals surface area contributed by atoms with Gasteiger partial charge in [-0.3, -0.25) is 5.10 Å². The molecule has 3 heteroatoms. The van der Waals surface area contributed by atoms with Gasteiger partial charge in [-0.1, -0.05) is 6.92 Å². The molecule has 0 aliphatic rings. The van der Waals surface area contributed by atoms with Gasteiger partial charge in [0.25, 0.3) is 0 Å². The highest BCUT2D eigenvalue weighted by atomic mass is 15.1. The minimum absolute atomic E-state index is 0.982. The average Bonchev–Trinajstić information content (AvgIpc) is 2.36. The lowest BCUT2D eigenvalue weighted by atomic mass is 10.2. The molecule has 0 aliphatic carbocycles. The summed E-state index contributed by atoms with van der Waals surface area (Å²) in [5.41, 5.74) is 7.42. The van der Waals surface area contributed by atoms with E-state index in [2.05, 4.69) is 17.1 Å². The number of aryl methyl sites for hydroxylation is 1. The minimum atomic E-state index is 0.982. The van der Waals surface area contributed by atoms with Crippen LogP contribution in [0, 0.1) is 0 Å². The molecule has 0 spiro atoms. The van der Waals surface area contributed by atoms with Gasteiger partial charge in [-0.25, -0.2) is 0 Å². The van der Waals surface area contributed by atoms with E-state index in [4.69, 9.17) is 5.73 Å². The van der Waals surface area contributed by atoms with Crippen molar-refractivity contribution in [2.45, 2.75) is 13.3 Å². The van der Waals surface area contributed by atoms with Gasteiger partial charge in [0, 0.05) is 0 Å². The maximum Gasteiger partial charge on any atom is 0.0623 e. The Morgan fingerprint density at radius 3 is 3.20 bits per heavy atom. The van der Waals surface area contributed by atoms with E-state index in [1.165, 1.54) is 11.8 Å². The highest BCUT2D eigenvalue weighted by molar-refractivity contribution is 5.47. The van der Waals surface area contributed by atoms with E-state index in [1.807, 2.05) is 12.3 Å². The Hall–Kier alpha value is -1.25.